The highest BCUT2D eigenvalue weighted by Gasteiger charge is 2.49. The van der Waals surface area contributed by atoms with Gasteiger partial charge in [0.15, 0.2) is 6.10 Å². The van der Waals surface area contributed by atoms with Gasteiger partial charge in [-0.2, -0.15) is 18.4 Å². The third-order valence-electron chi connectivity index (χ3n) is 3.90. The van der Waals surface area contributed by atoms with Crippen LogP contribution in [0.2, 0.25) is 0 Å². The van der Waals surface area contributed by atoms with E-state index < -0.39 is 23.8 Å². The molecule has 0 aromatic carbocycles. The van der Waals surface area contributed by atoms with E-state index in [0.717, 1.165) is 5.56 Å². The first-order chi connectivity index (χ1) is 11.7. The summed E-state index contributed by atoms with van der Waals surface area (Å²) in [7, 11) is 0. The van der Waals surface area contributed by atoms with Gasteiger partial charge in [0.2, 0.25) is 0 Å². The van der Waals surface area contributed by atoms with Crippen molar-refractivity contribution in [1.82, 2.24) is 4.98 Å². The lowest BCUT2D eigenvalue weighted by Gasteiger charge is -2.34. The van der Waals surface area contributed by atoms with E-state index in [0.29, 0.717) is 16.0 Å². The summed E-state index contributed by atoms with van der Waals surface area (Å²) in [6.45, 7) is 1.60. The van der Waals surface area contributed by atoms with Crippen LogP contribution in [0.15, 0.2) is 34.9 Å². The van der Waals surface area contributed by atoms with Crippen LogP contribution in [0.4, 0.5) is 13.2 Å². The highest BCUT2D eigenvalue weighted by molar-refractivity contribution is 7.10. The number of nitriles is 1. The van der Waals surface area contributed by atoms with Gasteiger partial charge in [0, 0.05) is 29.3 Å². The first-order valence-electron chi connectivity index (χ1n) is 7.24. The minimum Gasteiger partial charge on any atom is -0.452 e. The molecule has 0 aliphatic carbocycles. The van der Waals surface area contributed by atoms with E-state index >= 15 is 0 Å². The largest absolute Gasteiger partial charge is 0.452 e. The summed E-state index contributed by atoms with van der Waals surface area (Å²) >= 11 is 1.28. The number of thiophene rings is 1. The van der Waals surface area contributed by atoms with Gasteiger partial charge in [-0.25, -0.2) is 4.99 Å². The van der Waals surface area contributed by atoms with Crippen molar-refractivity contribution >= 4 is 17.4 Å². The van der Waals surface area contributed by atoms with Crippen LogP contribution in [-0.4, -0.2) is 23.3 Å². The predicted molar refractivity (Wildman–Crippen MR) is 86.8 cm³/mol. The maximum Gasteiger partial charge on any atom is 0.425 e. The summed E-state index contributed by atoms with van der Waals surface area (Å²) in [5, 5.41) is 10.7. The Bertz CT molecular complexity index is 871. The summed E-state index contributed by atoms with van der Waals surface area (Å²) in [6, 6.07) is 4.95. The molecule has 0 saturated heterocycles. The molecular weight excluding hydrogens is 353 g/mol. The summed E-state index contributed by atoms with van der Waals surface area (Å²) < 4.78 is 43.8. The molecule has 3 rings (SSSR count). The van der Waals surface area contributed by atoms with Crippen LogP contribution in [0.25, 0.3) is 11.1 Å². The minimum atomic E-state index is -4.52. The Balaban J connectivity index is 1.95. The Labute approximate surface area is 145 Å². The molecule has 0 fully saturated rings. The average molecular weight is 366 g/mol. The molecule has 2 atom stereocenters. The van der Waals surface area contributed by atoms with Crippen molar-refractivity contribution < 1.29 is 17.9 Å². The molecule has 0 saturated carbocycles. The number of aliphatic imine (C=N–C) groups is 1. The van der Waals surface area contributed by atoms with E-state index in [1.54, 1.807) is 30.6 Å². The van der Waals surface area contributed by atoms with Gasteiger partial charge in [0.05, 0.1) is 5.56 Å². The first-order valence-corrected chi connectivity index (χ1v) is 8.12. The molecular formula is C16H13F3N4OS. The van der Waals surface area contributed by atoms with Gasteiger partial charge < -0.3 is 10.5 Å². The average Bonchev–Trinajstić information content (AvgIpc) is 3.04. The van der Waals surface area contributed by atoms with E-state index in [1.165, 1.54) is 17.5 Å². The van der Waals surface area contributed by atoms with Gasteiger partial charge in [0.1, 0.15) is 11.6 Å². The van der Waals surface area contributed by atoms with Crippen LogP contribution in [0, 0.1) is 11.3 Å². The van der Waals surface area contributed by atoms with Crippen LogP contribution in [0.3, 0.4) is 0 Å². The molecule has 2 aromatic rings. The molecule has 130 valence electrons. The Morgan fingerprint density at radius 3 is 2.80 bits per heavy atom. The van der Waals surface area contributed by atoms with Crippen LogP contribution in [0.1, 0.15) is 23.8 Å². The second kappa shape index (κ2) is 6.04. The number of pyridine rings is 1. The molecule has 0 bridgehead atoms. The van der Waals surface area contributed by atoms with Crippen molar-refractivity contribution in [3.63, 3.8) is 0 Å². The molecule has 1 aliphatic heterocycles. The van der Waals surface area contributed by atoms with Crippen LogP contribution < -0.4 is 5.73 Å². The zero-order valence-corrected chi connectivity index (χ0v) is 13.9. The number of nitrogens with zero attached hydrogens (tertiary/aromatic N) is 3. The standard InChI is InChI=1S/C16H13F3N4OS/c1-15(4-12(16(17,18)19)24-14(21)23-15)13-3-11(8-25-13)10-2-9(5-20)6-22-7-10/h2-3,6-8,12H,4H2,1H3,(H2,21,23)/t12-,15-/m0/s1. The Hall–Kier alpha value is -2.60. The second-order valence-electron chi connectivity index (χ2n) is 5.85. The van der Waals surface area contributed by atoms with Crippen molar-refractivity contribution in [3.8, 4) is 17.2 Å². The lowest BCUT2D eigenvalue weighted by atomic mass is 9.91. The highest BCUT2D eigenvalue weighted by Crippen LogP contribution is 2.43. The van der Waals surface area contributed by atoms with Gasteiger partial charge in [-0.3, -0.25) is 4.98 Å². The first kappa shape index (κ1) is 17.2. The van der Waals surface area contributed by atoms with Gasteiger partial charge in [-0.1, -0.05) is 0 Å². The van der Waals surface area contributed by atoms with E-state index in [4.69, 9.17) is 11.0 Å². The van der Waals surface area contributed by atoms with E-state index in [2.05, 4.69) is 14.7 Å². The number of aromatic nitrogens is 1. The molecule has 5 nitrogen and oxygen atoms in total. The van der Waals surface area contributed by atoms with Gasteiger partial charge in [-0.15, -0.1) is 11.3 Å². The summed E-state index contributed by atoms with van der Waals surface area (Å²) in [6.07, 6.45) is -3.84. The third-order valence-corrected chi connectivity index (χ3v) is 5.08. The molecule has 0 amide bonds. The fraction of sp³-hybridized carbons (Fsp3) is 0.312. The molecule has 0 spiro atoms. The number of hydrogen-bond donors (Lipinski definition) is 1. The van der Waals surface area contributed by atoms with E-state index in [-0.39, 0.29) is 6.42 Å². The van der Waals surface area contributed by atoms with Crippen LogP contribution in [-0.2, 0) is 10.3 Å². The Morgan fingerprint density at radius 1 is 1.36 bits per heavy atom. The number of ether oxygens (including phenoxy) is 1. The number of hydrogen-bond acceptors (Lipinski definition) is 6. The Kier molecular flexibility index (Phi) is 4.16. The fourth-order valence-corrected chi connectivity index (χ4v) is 3.67. The number of halogens is 3. The summed E-state index contributed by atoms with van der Waals surface area (Å²) in [4.78, 5) is 8.73. The molecule has 0 radical (unpaired) electrons. The zero-order chi connectivity index (χ0) is 18.2. The molecule has 0 unspecified atom stereocenters. The molecule has 25 heavy (non-hydrogen) atoms. The predicted octanol–water partition coefficient (Wildman–Crippen LogP) is 3.56. The van der Waals surface area contributed by atoms with Crippen molar-refractivity contribution in [3.05, 3.63) is 40.3 Å². The smallest absolute Gasteiger partial charge is 0.425 e. The molecule has 2 N–H and O–H groups in total. The van der Waals surface area contributed by atoms with Crippen molar-refractivity contribution in [2.75, 3.05) is 0 Å². The Morgan fingerprint density at radius 2 is 2.12 bits per heavy atom. The number of nitrogens with two attached hydrogens (primary N) is 1. The van der Waals surface area contributed by atoms with Crippen LogP contribution in [0.5, 0.6) is 0 Å². The lowest BCUT2D eigenvalue weighted by molar-refractivity contribution is -0.208. The van der Waals surface area contributed by atoms with E-state index in [1.807, 2.05) is 6.07 Å². The highest BCUT2D eigenvalue weighted by atomic mass is 32.1. The van der Waals surface area contributed by atoms with Crippen molar-refractivity contribution in [1.29, 1.82) is 5.26 Å². The fourth-order valence-electron chi connectivity index (χ4n) is 2.63. The summed E-state index contributed by atoms with van der Waals surface area (Å²) in [5.74, 6) is 0. The van der Waals surface area contributed by atoms with Gasteiger partial charge in [-0.05, 0) is 30.0 Å². The van der Waals surface area contributed by atoms with E-state index in [9.17, 15) is 13.2 Å². The normalized spacial score (nSPS) is 23.5. The second-order valence-corrected chi connectivity index (χ2v) is 6.76. The monoisotopic (exact) mass is 366 g/mol. The maximum atomic E-state index is 13.1. The summed E-state index contributed by atoms with van der Waals surface area (Å²) in [5.41, 5.74) is 6.22. The molecule has 1 aliphatic rings. The minimum absolute atomic E-state index is 0.354. The van der Waals surface area contributed by atoms with Gasteiger partial charge >= 0.3 is 6.18 Å². The lowest BCUT2D eigenvalue weighted by Crippen LogP contribution is -2.45. The molecule has 2 aromatic heterocycles. The zero-order valence-electron chi connectivity index (χ0n) is 13.0. The van der Waals surface area contributed by atoms with Crippen LogP contribution >= 0.6 is 11.3 Å². The molecule has 3 heterocycles. The van der Waals surface area contributed by atoms with Gasteiger partial charge in [0.25, 0.3) is 6.02 Å². The molecule has 9 heteroatoms. The topological polar surface area (TPSA) is 84.3 Å². The number of amidine groups is 1. The van der Waals surface area contributed by atoms with Crippen molar-refractivity contribution in [2.24, 2.45) is 10.7 Å². The third kappa shape index (κ3) is 3.44. The maximum absolute atomic E-state index is 13.1. The SMILES string of the molecule is C[C@@]1(c2cc(-c3cncc(C#N)c3)cs2)C[C@@H](C(F)(F)F)OC(N)=N1. The quantitative estimate of drug-likeness (QED) is 0.881. The number of alkyl halides is 3. The number of rotatable bonds is 2. The van der Waals surface area contributed by atoms with Crippen molar-refractivity contribution in [2.45, 2.75) is 31.2 Å².